The van der Waals surface area contributed by atoms with Crippen LogP contribution in [0.2, 0.25) is 0 Å². The third kappa shape index (κ3) is 3.72. The van der Waals surface area contributed by atoms with Crippen molar-refractivity contribution in [1.29, 1.82) is 0 Å². The molecule has 1 unspecified atom stereocenters. The Morgan fingerprint density at radius 2 is 2.09 bits per heavy atom. The van der Waals surface area contributed by atoms with Crippen LogP contribution in [0.3, 0.4) is 0 Å². The van der Waals surface area contributed by atoms with E-state index in [4.69, 9.17) is 5.11 Å². The number of nitrogens with zero attached hydrogens (tertiary/aromatic N) is 2. The molecule has 1 atom stereocenters. The maximum atomic E-state index is 12.3. The molecule has 6 nitrogen and oxygen atoms in total. The molecular formula is C16H19N3O3. The van der Waals surface area contributed by atoms with Gasteiger partial charge in [0.15, 0.2) is 0 Å². The molecule has 0 spiro atoms. The number of aryl methyl sites for hydroxylation is 2. The molecule has 0 bridgehead atoms. The molecule has 0 aliphatic heterocycles. The Balaban J connectivity index is 2.21. The number of carboxylic acid groups (broad SMARTS) is 1. The van der Waals surface area contributed by atoms with Crippen LogP contribution in [-0.4, -0.2) is 26.8 Å². The lowest BCUT2D eigenvalue weighted by Gasteiger charge is -2.19. The first-order chi connectivity index (χ1) is 10.5. The number of carbonyl (C=O) groups excluding carboxylic acids is 1. The van der Waals surface area contributed by atoms with Crippen LogP contribution in [0.15, 0.2) is 36.7 Å². The van der Waals surface area contributed by atoms with Crippen LogP contribution in [0, 0.1) is 6.92 Å². The number of nitrogens with one attached hydrogen (secondary N) is 1. The van der Waals surface area contributed by atoms with E-state index in [0.29, 0.717) is 12.1 Å². The van der Waals surface area contributed by atoms with Crippen LogP contribution in [-0.2, 0) is 11.3 Å². The third-order valence-corrected chi connectivity index (χ3v) is 3.47. The summed E-state index contributed by atoms with van der Waals surface area (Å²) < 4.78 is 1.65. The first kappa shape index (κ1) is 15.8. The zero-order valence-electron chi connectivity index (χ0n) is 12.6. The number of hydrogen-bond acceptors (Lipinski definition) is 3. The number of hydrogen-bond donors (Lipinski definition) is 2. The van der Waals surface area contributed by atoms with E-state index in [9.17, 15) is 9.59 Å². The molecule has 2 N–H and O–H groups in total. The van der Waals surface area contributed by atoms with E-state index < -0.39 is 12.0 Å². The quantitative estimate of drug-likeness (QED) is 0.856. The van der Waals surface area contributed by atoms with Crippen molar-refractivity contribution in [1.82, 2.24) is 15.1 Å². The molecule has 0 fully saturated rings. The van der Waals surface area contributed by atoms with E-state index in [0.717, 1.165) is 11.1 Å². The van der Waals surface area contributed by atoms with Crippen molar-refractivity contribution in [2.45, 2.75) is 32.9 Å². The monoisotopic (exact) mass is 301 g/mol. The number of aliphatic carboxylic acids is 1. The highest BCUT2D eigenvalue weighted by atomic mass is 16.4. The second kappa shape index (κ2) is 6.89. The van der Waals surface area contributed by atoms with Crippen molar-refractivity contribution < 1.29 is 14.7 Å². The van der Waals surface area contributed by atoms with Crippen LogP contribution >= 0.6 is 0 Å². The predicted molar refractivity (Wildman–Crippen MR) is 81.5 cm³/mol. The van der Waals surface area contributed by atoms with Crippen molar-refractivity contribution in [3.8, 4) is 0 Å². The van der Waals surface area contributed by atoms with E-state index in [1.807, 2.05) is 38.1 Å². The summed E-state index contributed by atoms with van der Waals surface area (Å²) in [6.07, 6.45) is 2.96. The molecule has 0 aliphatic carbocycles. The van der Waals surface area contributed by atoms with Gasteiger partial charge in [0.25, 0.3) is 5.91 Å². The van der Waals surface area contributed by atoms with Crippen LogP contribution < -0.4 is 5.32 Å². The molecule has 116 valence electrons. The fourth-order valence-electron chi connectivity index (χ4n) is 2.29. The smallest absolute Gasteiger partial charge is 0.305 e. The molecule has 0 saturated carbocycles. The third-order valence-electron chi connectivity index (χ3n) is 3.47. The lowest BCUT2D eigenvalue weighted by molar-refractivity contribution is -0.137. The fourth-order valence-corrected chi connectivity index (χ4v) is 2.29. The van der Waals surface area contributed by atoms with E-state index in [1.165, 1.54) is 6.20 Å². The molecule has 2 rings (SSSR count). The molecule has 1 heterocycles. The van der Waals surface area contributed by atoms with E-state index in [2.05, 4.69) is 10.4 Å². The van der Waals surface area contributed by atoms with Gasteiger partial charge in [0.2, 0.25) is 0 Å². The Hall–Kier alpha value is -2.63. The first-order valence-corrected chi connectivity index (χ1v) is 7.12. The van der Waals surface area contributed by atoms with Crippen molar-refractivity contribution >= 4 is 11.9 Å². The maximum Gasteiger partial charge on any atom is 0.305 e. The maximum absolute atomic E-state index is 12.3. The first-order valence-electron chi connectivity index (χ1n) is 7.12. The molecule has 6 heteroatoms. The SMILES string of the molecule is CCn1cc(C(=O)NC(CC(=O)O)c2ccccc2C)cn1. The molecule has 22 heavy (non-hydrogen) atoms. The summed E-state index contributed by atoms with van der Waals surface area (Å²) in [6.45, 7) is 4.49. The van der Waals surface area contributed by atoms with Crippen molar-refractivity contribution in [2.75, 3.05) is 0 Å². The molecule has 2 aromatic rings. The zero-order chi connectivity index (χ0) is 16.1. The van der Waals surface area contributed by atoms with Gasteiger partial charge in [-0.05, 0) is 25.0 Å². The molecular weight excluding hydrogens is 282 g/mol. The van der Waals surface area contributed by atoms with E-state index in [1.54, 1.807) is 10.9 Å². The summed E-state index contributed by atoms with van der Waals surface area (Å²) in [5.74, 6) is -1.29. The molecule has 0 saturated heterocycles. The average Bonchev–Trinajstić information content (AvgIpc) is 2.95. The Kier molecular flexibility index (Phi) is 4.93. The lowest BCUT2D eigenvalue weighted by Crippen LogP contribution is -2.30. The minimum atomic E-state index is -0.960. The van der Waals surface area contributed by atoms with Gasteiger partial charge < -0.3 is 10.4 Å². The van der Waals surface area contributed by atoms with Crippen LogP contribution in [0.4, 0.5) is 0 Å². The Morgan fingerprint density at radius 1 is 1.36 bits per heavy atom. The molecule has 1 aromatic carbocycles. The number of aromatic nitrogens is 2. The fraction of sp³-hybridized carbons (Fsp3) is 0.312. The zero-order valence-corrected chi connectivity index (χ0v) is 12.6. The number of carboxylic acids is 1. The van der Waals surface area contributed by atoms with Crippen molar-refractivity contribution in [3.63, 3.8) is 0 Å². The number of carbonyl (C=O) groups is 2. The Labute approximate surface area is 128 Å². The van der Waals surface area contributed by atoms with Gasteiger partial charge in [0, 0.05) is 12.7 Å². The highest BCUT2D eigenvalue weighted by Gasteiger charge is 2.20. The summed E-state index contributed by atoms with van der Waals surface area (Å²) in [5, 5.41) is 15.9. The van der Waals surface area contributed by atoms with Gasteiger partial charge in [-0.15, -0.1) is 0 Å². The largest absolute Gasteiger partial charge is 0.481 e. The lowest BCUT2D eigenvalue weighted by atomic mass is 9.98. The molecule has 0 aliphatic rings. The van der Waals surface area contributed by atoms with Crippen LogP contribution in [0.25, 0.3) is 0 Å². The van der Waals surface area contributed by atoms with Gasteiger partial charge >= 0.3 is 5.97 Å². The molecule has 0 radical (unpaired) electrons. The van der Waals surface area contributed by atoms with Gasteiger partial charge in [-0.25, -0.2) is 0 Å². The highest BCUT2D eigenvalue weighted by molar-refractivity contribution is 5.94. The van der Waals surface area contributed by atoms with E-state index in [-0.39, 0.29) is 12.3 Å². The van der Waals surface area contributed by atoms with Gasteiger partial charge in [0.1, 0.15) is 0 Å². The summed E-state index contributed by atoms with van der Waals surface area (Å²) in [4.78, 5) is 23.4. The Morgan fingerprint density at radius 3 is 2.68 bits per heavy atom. The number of rotatable bonds is 6. The summed E-state index contributed by atoms with van der Waals surface area (Å²) in [5.41, 5.74) is 2.17. The minimum Gasteiger partial charge on any atom is -0.481 e. The minimum absolute atomic E-state index is 0.168. The van der Waals surface area contributed by atoms with Crippen molar-refractivity contribution in [3.05, 3.63) is 53.3 Å². The molecule has 1 amide bonds. The van der Waals surface area contributed by atoms with Crippen LogP contribution in [0.5, 0.6) is 0 Å². The molecule has 1 aromatic heterocycles. The van der Waals surface area contributed by atoms with Gasteiger partial charge in [0.05, 0.1) is 24.2 Å². The second-order valence-electron chi connectivity index (χ2n) is 5.07. The summed E-state index contributed by atoms with van der Waals surface area (Å²) >= 11 is 0. The van der Waals surface area contributed by atoms with Crippen LogP contribution in [0.1, 0.15) is 40.9 Å². The van der Waals surface area contributed by atoms with Gasteiger partial charge in [-0.3, -0.25) is 14.3 Å². The van der Waals surface area contributed by atoms with Crippen molar-refractivity contribution in [2.24, 2.45) is 0 Å². The standard InChI is InChI=1S/C16H19N3O3/c1-3-19-10-12(9-17-19)16(22)18-14(8-15(20)21)13-7-5-4-6-11(13)2/h4-7,9-10,14H,3,8H2,1-2H3,(H,18,22)(H,20,21). The predicted octanol–water partition coefficient (Wildman–Crippen LogP) is 2.16. The number of benzene rings is 1. The summed E-state index contributed by atoms with van der Waals surface area (Å²) in [7, 11) is 0. The topological polar surface area (TPSA) is 84.2 Å². The van der Waals surface area contributed by atoms with Gasteiger partial charge in [-0.2, -0.15) is 5.10 Å². The average molecular weight is 301 g/mol. The van der Waals surface area contributed by atoms with Gasteiger partial charge in [-0.1, -0.05) is 24.3 Å². The summed E-state index contributed by atoms with van der Waals surface area (Å²) in [6, 6.07) is 6.86. The second-order valence-corrected chi connectivity index (χ2v) is 5.07. The van der Waals surface area contributed by atoms with E-state index >= 15 is 0 Å². The number of amides is 1. The highest BCUT2D eigenvalue weighted by Crippen LogP contribution is 2.21. The normalized spacial score (nSPS) is 11.9. The Bertz CT molecular complexity index is 679.